The first-order valence-electron chi connectivity index (χ1n) is 12.5. The monoisotopic (exact) mass is 473 g/mol. The van der Waals surface area contributed by atoms with Crippen molar-refractivity contribution in [2.45, 2.75) is 51.7 Å². The number of hydrogen-bond acceptors (Lipinski definition) is 6. The Hall–Kier alpha value is -3.26. The molecule has 184 valence electrons. The maximum Gasteiger partial charge on any atom is 0.227 e. The average molecular weight is 474 g/mol. The summed E-state index contributed by atoms with van der Waals surface area (Å²) in [7, 11) is 4.09. The molecule has 0 bridgehead atoms. The maximum absolute atomic E-state index is 13.9. The van der Waals surface area contributed by atoms with Gasteiger partial charge in [0.2, 0.25) is 11.9 Å². The second kappa shape index (κ2) is 9.77. The van der Waals surface area contributed by atoms with E-state index in [2.05, 4.69) is 64.6 Å². The number of rotatable bonds is 5. The lowest BCUT2D eigenvalue weighted by atomic mass is 9.79. The van der Waals surface area contributed by atoms with Crippen LogP contribution in [0.1, 0.15) is 47.5 Å². The molecular weight excluding hydrogens is 438 g/mol. The van der Waals surface area contributed by atoms with Gasteiger partial charge in [-0.05, 0) is 57.5 Å². The zero-order chi connectivity index (χ0) is 24.5. The van der Waals surface area contributed by atoms with Crippen molar-refractivity contribution in [3.63, 3.8) is 0 Å². The molecule has 0 radical (unpaired) electrons. The molecule has 2 aliphatic heterocycles. The number of anilines is 1. The van der Waals surface area contributed by atoms with Crippen molar-refractivity contribution < 1.29 is 4.79 Å². The van der Waals surface area contributed by atoms with Crippen molar-refractivity contribution >= 4 is 11.9 Å². The summed E-state index contributed by atoms with van der Waals surface area (Å²) in [6.07, 6.45) is 3.57. The van der Waals surface area contributed by atoms with Crippen LogP contribution in [0.25, 0.3) is 0 Å². The van der Waals surface area contributed by atoms with Gasteiger partial charge in [0.05, 0.1) is 24.5 Å². The first-order chi connectivity index (χ1) is 16.9. The average Bonchev–Trinajstić information content (AvgIpc) is 3.19. The number of benzene rings is 1. The van der Waals surface area contributed by atoms with Gasteiger partial charge in [0, 0.05) is 43.4 Å². The number of nitrogens with zero attached hydrogens (tertiary/aromatic N) is 6. The van der Waals surface area contributed by atoms with E-state index in [1.54, 1.807) is 0 Å². The second-order valence-electron chi connectivity index (χ2n) is 10.1. The van der Waals surface area contributed by atoms with Crippen LogP contribution < -0.4 is 5.32 Å². The number of fused-ring (bicyclic) bond motifs is 1. The summed E-state index contributed by atoms with van der Waals surface area (Å²) in [6.45, 7) is 7.12. The predicted octanol–water partition coefficient (Wildman–Crippen LogP) is 3.14. The summed E-state index contributed by atoms with van der Waals surface area (Å²) < 4.78 is 1.86. The minimum atomic E-state index is -0.00979. The lowest BCUT2D eigenvalue weighted by Crippen LogP contribution is -2.50. The smallest absolute Gasteiger partial charge is 0.227 e. The zero-order valence-electron chi connectivity index (χ0n) is 21.1. The van der Waals surface area contributed by atoms with Crippen molar-refractivity contribution in [3.05, 3.63) is 70.8 Å². The van der Waals surface area contributed by atoms with Crippen molar-refractivity contribution in [1.29, 1.82) is 0 Å². The molecule has 2 aliphatic rings. The van der Waals surface area contributed by atoms with Gasteiger partial charge >= 0.3 is 0 Å². The number of carbonyl (C=O) groups excluding carboxylic acids is 1. The molecule has 1 amide bonds. The SMILES string of the molecule is Cc1cc(CNc2ncc3c(n2)CN(C(=O)[C@H]2CCN(C)C[C@@H]2c2ccccc2)[C@H](C)C3)nn1C. The van der Waals surface area contributed by atoms with E-state index in [1.807, 2.05) is 35.8 Å². The number of likely N-dealkylation sites (tertiary alicyclic amines) is 1. The number of piperidine rings is 1. The summed E-state index contributed by atoms with van der Waals surface area (Å²) in [5.41, 5.74) is 5.38. The highest BCUT2D eigenvalue weighted by molar-refractivity contribution is 5.80. The molecule has 0 aliphatic carbocycles. The summed E-state index contributed by atoms with van der Waals surface area (Å²) in [5.74, 6) is 1.03. The molecule has 0 spiro atoms. The molecule has 1 saturated heterocycles. The molecular formula is C27H35N7O. The molecule has 8 nitrogen and oxygen atoms in total. The van der Waals surface area contributed by atoms with Crippen LogP contribution in [-0.2, 0) is 31.4 Å². The normalized spacial score (nSPS) is 22.6. The Bertz CT molecular complexity index is 1170. The predicted molar refractivity (Wildman–Crippen MR) is 136 cm³/mol. The lowest BCUT2D eigenvalue weighted by molar-refractivity contribution is -0.141. The quantitative estimate of drug-likeness (QED) is 0.613. The molecule has 8 heteroatoms. The standard InChI is InChI=1S/C27H35N7O/c1-18-13-22(31-33(18)4)15-29-27-28-14-21-12-19(2)34(17-25(21)30-27)26(35)23-10-11-32(3)16-24(23)20-8-6-5-7-9-20/h5-9,13-14,19,23-24H,10-12,15-17H2,1-4H3,(H,28,29,30)/t19-,23+,24-/m1/s1. The topological polar surface area (TPSA) is 79.2 Å². The van der Waals surface area contributed by atoms with E-state index >= 15 is 0 Å². The Morgan fingerprint density at radius 3 is 2.74 bits per heavy atom. The number of aryl methyl sites for hydroxylation is 2. The van der Waals surface area contributed by atoms with Crippen molar-refractivity contribution in [2.24, 2.45) is 13.0 Å². The van der Waals surface area contributed by atoms with Crippen LogP contribution in [0, 0.1) is 12.8 Å². The Morgan fingerprint density at radius 2 is 2.00 bits per heavy atom. The van der Waals surface area contributed by atoms with Crippen molar-refractivity contribution in [1.82, 2.24) is 29.5 Å². The molecule has 1 fully saturated rings. The molecule has 5 rings (SSSR count). The molecule has 0 unspecified atom stereocenters. The Kier molecular flexibility index (Phi) is 6.56. The molecule has 3 aromatic rings. The van der Waals surface area contributed by atoms with E-state index in [0.29, 0.717) is 19.0 Å². The van der Waals surface area contributed by atoms with Gasteiger partial charge in [-0.25, -0.2) is 9.97 Å². The first-order valence-corrected chi connectivity index (χ1v) is 12.5. The van der Waals surface area contributed by atoms with Crippen molar-refractivity contribution in [2.75, 3.05) is 25.5 Å². The third-order valence-corrected chi connectivity index (χ3v) is 7.56. The molecule has 1 N–H and O–H groups in total. The van der Waals surface area contributed by atoms with E-state index in [0.717, 1.165) is 48.6 Å². The fourth-order valence-corrected chi connectivity index (χ4v) is 5.43. The van der Waals surface area contributed by atoms with Crippen LogP contribution >= 0.6 is 0 Å². The number of likely N-dealkylation sites (N-methyl/N-ethyl adjacent to an activating group) is 1. The summed E-state index contributed by atoms with van der Waals surface area (Å²) in [6, 6.07) is 12.7. The molecule has 3 atom stereocenters. The van der Waals surface area contributed by atoms with Gasteiger partial charge in [0.25, 0.3) is 0 Å². The summed E-state index contributed by atoms with van der Waals surface area (Å²) >= 11 is 0. The minimum Gasteiger partial charge on any atom is -0.348 e. The molecule has 0 saturated carbocycles. The van der Waals surface area contributed by atoms with Crippen LogP contribution in [0.3, 0.4) is 0 Å². The molecule has 4 heterocycles. The number of amides is 1. The van der Waals surface area contributed by atoms with Gasteiger partial charge in [0.1, 0.15) is 0 Å². The first kappa shape index (κ1) is 23.5. The molecule has 1 aromatic carbocycles. The Balaban J connectivity index is 1.32. The second-order valence-corrected chi connectivity index (χ2v) is 10.1. The zero-order valence-corrected chi connectivity index (χ0v) is 21.1. The fourth-order valence-electron chi connectivity index (χ4n) is 5.43. The Morgan fingerprint density at radius 1 is 1.20 bits per heavy atom. The van der Waals surface area contributed by atoms with Gasteiger partial charge in [-0.15, -0.1) is 0 Å². The third-order valence-electron chi connectivity index (χ3n) is 7.56. The van der Waals surface area contributed by atoms with Crippen molar-refractivity contribution in [3.8, 4) is 0 Å². The van der Waals surface area contributed by atoms with E-state index in [-0.39, 0.29) is 23.8 Å². The highest BCUT2D eigenvalue weighted by Crippen LogP contribution is 2.35. The number of nitrogens with one attached hydrogen (secondary N) is 1. The highest BCUT2D eigenvalue weighted by Gasteiger charge is 2.39. The minimum absolute atomic E-state index is 0.00979. The summed E-state index contributed by atoms with van der Waals surface area (Å²) in [5, 5.41) is 7.79. The Labute approximate surface area is 207 Å². The van der Waals surface area contributed by atoms with Gasteiger partial charge in [-0.3, -0.25) is 9.48 Å². The van der Waals surface area contributed by atoms with Gasteiger partial charge in [-0.2, -0.15) is 5.10 Å². The van der Waals surface area contributed by atoms with E-state index in [1.165, 1.54) is 5.56 Å². The van der Waals surface area contributed by atoms with Gasteiger partial charge in [-0.1, -0.05) is 30.3 Å². The van der Waals surface area contributed by atoms with E-state index in [9.17, 15) is 4.79 Å². The summed E-state index contributed by atoms with van der Waals surface area (Å²) in [4.78, 5) is 27.6. The molecule has 35 heavy (non-hydrogen) atoms. The maximum atomic E-state index is 13.9. The number of carbonyl (C=O) groups is 1. The van der Waals surface area contributed by atoms with Crippen LogP contribution in [0.15, 0.2) is 42.6 Å². The molecule has 2 aromatic heterocycles. The largest absolute Gasteiger partial charge is 0.348 e. The van der Waals surface area contributed by atoms with Gasteiger partial charge in [0.15, 0.2) is 0 Å². The lowest BCUT2D eigenvalue weighted by Gasteiger charge is -2.42. The van der Waals surface area contributed by atoms with Crippen LogP contribution in [0.5, 0.6) is 0 Å². The number of hydrogen-bond donors (Lipinski definition) is 1. The van der Waals surface area contributed by atoms with E-state index in [4.69, 9.17) is 4.98 Å². The fraction of sp³-hybridized carbons (Fsp3) is 0.481. The van der Waals surface area contributed by atoms with Crippen LogP contribution in [0.2, 0.25) is 0 Å². The highest BCUT2D eigenvalue weighted by atomic mass is 16.2. The van der Waals surface area contributed by atoms with Crippen LogP contribution in [0.4, 0.5) is 5.95 Å². The number of aromatic nitrogens is 4. The van der Waals surface area contributed by atoms with E-state index < -0.39 is 0 Å². The van der Waals surface area contributed by atoms with Crippen LogP contribution in [-0.4, -0.2) is 61.6 Å². The third kappa shape index (κ3) is 4.93. The van der Waals surface area contributed by atoms with Gasteiger partial charge < -0.3 is 15.1 Å².